The molecule has 4 saturated carbocycles. The number of hydrogen-bond donors (Lipinski definition) is 1. The third-order valence-electron chi connectivity index (χ3n) is 6.63. The predicted octanol–water partition coefficient (Wildman–Crippen LogP) is 3.70. The van der Waals surface area contributed by atoms with Crippen LogP contribution in [0.4, 0.5) is 0 Å². The van der Waals surface area contributed by atoms with E-state index in [0.717, 1.165) is 48.3 Å². The van der Waals surface area contributed by atoms with Gasteiger partial charge in [0.05, 0.1) is 11.9 Å². The topological polar surface area (TPSA) is 46.9 Å². The van der Waals surface area contributed by atoms with Crippen molar-refractivity contribution in [3.05, 3.63) is 48.3 Å². The van der Waals surface area contributed by atoms with E-state index in [1.807, 2.05) is 47.4 Å². The molecule has 130 valence electrons. The first-order valence-electron chi connectivity index (χ1n) is 9.57. The number of para-hydroxylation sites is 1. The summed E-state index contributed by atoms with van der Waals surface area (Å²) in [5.41, 5.74) is 2.03. The van der Waals surface area contributed by atoms with E-state index in [1.165, 1.54) is 19.3 Å². The molecule has 4 nitrogen and oxygen atoms in total. The summed E-state index contributed by atoms with van der Waals surface area (Å²) < 4.78 is 1.87. The molecule has 0 radical (unpaired) electrons. The van der Waals surface area contributed by atoms with E-state index in [1.54, 1.807) is 0 Å². The first-order valence-corrected chi connectivity index (χ1v) is 9.57. The monoisotopic (exact) mass is 335 g/mol. The second kappa shape index (κ2) is 5.72. The average molecular weight is 335 g/mol. The van der Waals surface area contributed by atoms with Gasteiger partial charge in [0.15, 0.2) is 0 Å². The van der Waals surface area contributed by atoms with Crippen LogP contribution in [0, 0.1) is 23.2 Å². The molecular weight excluding hydrogens is 310 g/mol. The summed E-state index contributed by atoms with van der Waals surface area (Å²) in [5, 5.41) is 7.65. The van der Waals surface area contributed by atoms with Gasteiger partial charge in [-0.05, 0) is 68.4 Å². The first-order chi connectivity index (χ1) is 12.2. The van der Waals surface area contributed by atoms with Crippen molar-refractivity contribution >= 4 is 5.91 Å². The summed E-state index contributed by atoms with van der Waals surface area (Å²) in [7, 11) is 0. The molecule has 0 atom stereocenters. The number of nitrogens with one attached hydrogen (secondary N) is 1. The lowest BCUT2D eigenvalue weighted by atomic mass is 9.49. The van der Waals surface area contributed by atoms with E-state index in [0.29, 0.717) is 12.5 Å². The molecule has 0 unspecified atom stereocenters. The summed E-state index contributed by atoms with van der Waals surface area (Å²) >= 11 is 0. The lowest BCUT2D eigenvalue weighted by molar-refractivity contribution is -0.146. The molecule has 4 fully saturated rings. The van der Waals surface area contributed by atoms with Crippen molar-refractivity contribution < 1.29 is 4.79 Å². The van der Waals surface area contributed by atoms with Crippen LogP contribution in [0.2, 0.25) is 0 Å². The number of carbonyl (C=O) groups is 1. The minimum atomic E-state index is -0.0653. The second-order valence-corrected chi connectivity index (χ2v) is 8.51. The lowest BCUT2D eigenvalue weighted by Gasteiger charge is -2.55. The van der Waals surface area contributed by atoms with E-state index in [2.05, 4.69) is 10.4 Å². The number of aromatic nitrogens is 2. The van der Waals surface area contributed by atoms with Crippen LogP contribution in [0.15, 0.2) is 42.7 Å². The van der Waals surface area contributed by atoms with Crippen LogP contribution in [0.5, 0.6) is 0 Å². The molecule has 0 aliphatic heterocycles. The van der Waals surface area contributed by atoms with Gasteiger partial charge >= 0.3 is 0 Å². The molecule has 4 aliphatic rings. The minimum absolute atomic E-state index is 0.0653. The smallest absolute Gasteiger partial charge is 0.226 e. The fourth-order valence-electron chi connectivity index (χ4n) is 5.93. The van der Waals surface area contributed by atoms with E-state index in [-0.39, 0.29) is 5.41 Å². The Kier molecular flexibility index (Phi) is 3.47. The fourth-order valence-corrected chi connectivity index (χ4v) is 5.93. The van der Waals surface area contributed by atoms with Crippen molar-refractivity contribution in [1.29, 1.82) is 0 Å². The Labute approximate surface area is 148 Å². The number of nitrogens with zero attached hydrogens (tertiary/aromatic N) is 2. The second-order valence-electron chi connectivity index (χ2n) is 8.51. The highest BCUT2D eigenvalue weighted by molar-refractivity contribution is 5.83. The quantitative estimate of drug-likeness (QED) is 0.926. The van der Waals surface area contributed by atoms with Gasteiger partial charge in [0.1, 0.15) is 0 Å². The molecule has 1 aromatic heterocycles. The summed E-state index contributed by atoms with van der Waals surface area (Å²) in [6.07, 6.45) is 11.3. The zero-order valence-electron chi connectivity index (χ0n) is 14.5. The van der Waals surface area contributed by atoms with Gasteiger partial charge in [0.25, 0.3) is 0 Å². The molecule has 4 bridgehead atoms. The van der Waals surface area contributed by atoms with Crippen molar-refractivity contribution in [2.75, 3.05) is 0 Å². The molecular formula is C21H25N3O. The summed E-state index contributed by atoms with van der Waals surface area (Å²) in [6.45, 7) is 0.577. The number of hydrogen-bond acceptors (Lipinski definition) is 2. The Morgan fingerprint density at radius 2 is 1.72 bits per heavy atom. The third kappa shape index (κ3) is 2.68. The maximum absolute atomic E-state index is 13.0. The normalized spacial score (nSPS) is 32.7. The molecule has 1 heterocycles. The number of rotatable bonds is 4. The van der Waals surface area contributed by atoms with E-state index >= 15 is 0 Å². The Balaban J connectivity index is 1.26. The lowest BCUT2D eigenvalue weighted by Crippen LogP contribution is -2.53. The number of amides is 1. The highest BCUT2D eigenvalue weighted by Gasteiger charge is 2.54. The van der Waals surface area contributed by atoms with Crippen LogP contribution in [0.1, 0.15) is 44.1 Å². The van der Waals surface area contributed by atoms with Crippen LogP contribution in [0.3, 0.4) is 0 Å². The molecule has 1 aromatic carbocycles. The van der Waals surface area contributed by atoms with Gasteiger partial charge < -0.3 is 5.32 Å². The molecule has 1 N–H and O–H groups in total. The predicted molar refractivity (Wildman–Crippen MR) is 96.0 cm³/mol. The van der Waals surface area contributed by atoms with E-state index in [4.69, 9.17) is 0 Å². The van der Waals surface area contributed by atoms with Crippen molar-refractivity contribution in [2.45, 2.75) is 45.1 Å². The van der Waals surface area contributed by atoms with Crippen LogP contribution in [0.25, 0.3) is 5.69 Å². The summed E-state index contributed by atoms with van der Waals surface area (Å²) in [5.74, 6) is 2.70. The van der Waals surface area contributed by atoms with E-state index in [9.17, 15) is 4.79 Å². The van der Waals surface area contributed by atoms with Crippen LogP contribution in [-0.2, 0) is 11.3 Å². The zero-order chi connectivity index (χ0) is 16.9. The Morgan fingerprint density at radius 3 is 2.36 bits per heavy atom. The molecule has 2 aromatic rings. The van der Waals surface area contributed by atoms with Gasteiger partial charge in [-0.2, -0.15) is 5.10 Å². The highest BCUT2D eigenvalue weighted by Crippen LogP contribution is 2.60. The molecule has 6 rings (SSSR count). The minimum Gasteiger partial charge on any atom is -0.351 e. The largest absolute Gasteiger partial charge is 0.351 e. The molecule has 4 aliphatic carbocycles. The van der Waals surface area contributed by atoms with Gasteiger partial charge in [0.2, 0.25) is 5.91 Å². The zero-order valence-corrected chi connectivity index (χ0v) is 14.5. The Morgan fingerprint density at radius 1 is 1.08 bits per heavy atom. The fraction of sp³-hybridized carbons (Fsp3) is 0.524. The van der Waals surface area contributed by atoms with Crippen molar-refractivity contribution in [3.63, 3.8) is 0 Å². The van der Waals surface area contributed by atoms with Crippen LogP contribution < -0.4 is 5.32 Å². The molecule has 0 saturated heterocycles. The third-order valence-corrected chi connectivity index (χ3v) is 6.63. The Bertz CT molecular complexity index is 744. The molecule has 25 heavy (non-hydrogen) atoms. The van der Waals surface area contributed by atoms with Crippen molar-refractivity contribution in [2.24, 2.45) is 23.2 Å². The first kappa shape index (κ1) is 15.2. The Hall–Kier alpha value is -2.10. The standard InChI is InChI=1S/C21H25N3O/c25-20(21-9-15-6-16(10-21)8-17(7-15)11-21)22-12-18-13-23-24(14-18)19-4-2-1-3-5-19/h1-5,13-17H,6-12H2,(H,22,25). The van der Waals surface area contributed by atoms with Crippen LogP contribution >= 0.6 is 0 Å². The highest BCUT2D eigenvalue weighted by atomic mass is 16.2. The number of carbonyl (C=O) groups excluding carboxylic acids is 1. The van der Waals surface area contributed by atoms with Gasteiger partial charge in [0, 0.05) is 23.7 Å². The molecule has 1 amide bonds. The van der Waals surface area contributed by atoms with Gasteiger partial charge in [-0.15, -0.1) is 0 Å². The summed E-state index contributed by atoms with van der Waals surface area (Å²) in [6, 6.07) is 10.1. The van der Waals surface area contributed by atoms with Crippen LogP contribution in [-0.4, -0.2) is 15.7 Å². The van der Waals surface area contributed by atoms with Crippen molar-refractivity contribution in [1.82, 2.24) is 15.1 Å². The van der Waals surface area contributed by atoms with Gasteiger partial charge in [-0.1, -0.05) is 18.2 Å². The SMILES string of the molecule is O=C(NCc1cnn(-c2ccccc2)c1)C12CC3CC(CC(C3)C1)C2. The maximum atomic E-state index is 13.0. The average Bonchev–Trinajstić information content (AvgIpc) is 3.08. The molecule has 4 heteroatoms. The number of benzene rings is 1. The van der Waals surface area contributed by atoms with Gasteiger partial charge in [-0.3, -0.25) is 4.79 Å². The summed E-state index contributed by atoms with van der Waals surface area (Å²) in [4.78, 5) is 13.0. The van der Waals surface area contributed by atoms with Crippen molar-refractivity contribution in [3.8, 4) is 5.69 Å². The van der Waals surface area contributed by atoms with E-state index < -0.39 is 0 Å². The van der Waals surface area contributed by atoms with Gasteiger partial charge in [-0.25, -0.2) is 4.68 Å². The maximum Gasteiger partial charge on any atom is 0.226 e. The molecule has 0 spiro atoms.